The normalized spacial score (nSPS) is 18.2. The minimum Gasteiger partial charge on any atom is -0.444 e. The number of anilines is 1. The lowest BCUT2D eigenvalue weighted by molar-refractivity contribution is 0.0500. The van der Waals surface area contributed by atoms with Crippen molar-refractivity contribution in [1.82, 2.24) is 10.3 Å². The molecule has 0 bridgehead atoms. The van der Waals surface area contributed by atoms with Crippen LogP contribution in [0.3, 0.4) is 0 Å². The number of aromatic nitrogens is 1. The molecule has 6 heteroatoms. The number of nitriles is 1. The van der Waals surface area contributed by atoms with Crippen LogP contribution < -0.4 is 10.2 Å². The minimum absolute atomic E-state index is 0.00699. The molecule has 1 aromatic heterocycles. The van der Waals surface area contributed by atoms with E-state index < -0.39 is 11.7 Å². The van der Waals surface area contributed by atoms with E-state index in [1.807, 2.05) is 33.8 Å². The van der Waals surface area contributed by atoms with Crippen LogP contribution in [-0.4, -0.2) is 35.8 Å². The first-order valence-electron chi connectivity index (χ1n) is 7.90. The van der Waals surface area contributed by atoms with Crippen LogP contribution in [0.5, 0.6) is 0 Å². The molecule has 23 heavy (non-hydrogen) atoms. The third-order valence-corrected chi connectivity index (χ3v) is 3.69. The van der Waals surface area contributed by atoms with E-state index in [0.29, 0.717) is 17.9 Å². The number of amides is 1. The van der Waals surface area contributed by atoms with Gasteiger partial charge in [0.05, 0.1) is 5.56 Å². The van der Waals surface area contributed by atoms with Gasteiger partial charge < -0.3 is 15.0 Å². The van der Waals surface area contributed by atoms with Crippen LogP contribution in [0.1, 0.15) is 44.7 Å². The quantitative estimate of drug-likeness (QED) is 0.907. The highest BCUT2D eigenvalue weighted by molar-refractivity contribution is 5.68. The van der Waals surface area contributed by atoms with Crippen molar-refractivity contribution >= 4 is 11.9 Å². The molecule has 1 amide bonds. The summed E-state index contributed by atoms with van der Waals surface area (Å²) >= 11 is 0. The summed E-state index contributed by atoms with van der Waals surface area (Å²) in [6.45, 7) is 8.90. The fourth-order valence-electron chi connectivity index (χ4n) is 2.68. The van der Waals surface area contributed by atoms with Crippen molar-refractivity contribution in [3.8, 4) is 6.07 Å². The van der Waals surface area contributed by atoms with Gasteiger partial charge in [-0.2, -0.15) is 5.26 Å². The Morgan fingerprint density at radius 2 is 2.26 bits per heavy atom. The second-order valence-corrected chi connectivity index (χ2v) is 6.87. The SMILES string of the molecule is Cc1ccnc(N2CCC[C@@H](NC(=O)OC(C)(C)C)C2)c1C#N. The summed E-state index contributed by atoms with van der Waals surface area (Å²) in [7, 11) is 0. The molecule has 1 aliphatic rings. The second kappa shape index (κ2) is 6.86. The van der Waals surface area contributed by atoms with Gasteiger partial charge in [-0.3, -0.25) is 0 Å². The smallest absolute Gasteiger partial charge is 0.407 e. The van der Waals surface area contributed by atoms with Crippen molar-refractivity contribution < 1.29 is 9.53 Å². The largest absolute Gasteiger partial charge is 0.444 e. The molecule has 1 aliphatic heterocycles. The molecular formula is C17H24N4O2. The van der Waals surface area contributed by atoms with Crippen LogP contribution in [0.4, 0.5) is 10.6 Å². The second-order valence-electron chi connectivity index (χ2n) is 6.87. The maximum absolute atomic E-state index is 11.9. The van der Waals surface area contributed by atoms with Gasteiger partial charge in [0, 0.05) is 25.3 Å². The summed E-state index contributed by atoms with van der Waals surface area (Å²) < 4.78 is 5.31. The van der Waals surface area contributed by atoms with Crippen LogP contribution >= 0.6 is 0 Å². The van der Waals surface area contributed by atoms with E-state index >= 15 is 0 Å². The van der Waals surface area contributed by atoms with Crippen molar-refractivity contribution in [2.24, 2.45) is 0 Å². The van der Waals surface area contributed by atoms with E-state index in [9.17, 15) is 10.1 Å². The highest BCUT2D eigenvalue weighted by Crippen LogP contribution is 2.23. The molecule has 0 radical (unpaired) electrons. The summed E-state index contributed by atoms with van der Waals surface area (Å²) in [5, 5.41) is 12.3. The highest BCUT2D eigenvalue weighted by atomic mass is 16.6. The van der Waals surface area contributed by atoms with Crippen LogP contribution in [-0.2, 0) is 4.74 Å². The zero-order valence-corrected chi connectivity index (χ0v) is 14.2. The monoisotopic (exact) mass is 316 g/mol. The van der Waals surface area contributed by atoms with E-state index in [1.165, 1.54) is 0 Å². The van der Waals surface area contributed by atoms with Gasteiger partial charge in [0.25, 0.3) is 0 Å². The molecule has 1 atom stereocenters. The molecule has 0 saturated carbocycles. The lowest BCUT2D eigenvalue weighted by atomic mass is 10.0. The number of ether oxygens (including phenoxy) is 1. The van der Waals surface area contributed by atoms with E-state index in [1.54, 1.807) is 6.20 Å². The van der Waals surface area contributed by atoms with Crippen LogP contribution in [0.2, 0.25) is 0 Å². The molecule has 2 rings (SSSR count). The molecule has 1 aromatic rings. The Labute approximate surface area is 137 Å². The molecular weight excluding hydrogens is 292 g/mol. The van der Waals surface area contributed by atoms with Gasteiger partial charge in [-0.1, -0.05) is 0 Å². The Morgan fingerprint density at radius 1 is 1.52 bits per heavy atom. The molecule has 0 aliphatic carbocycles. The van der Waals surface area contributed by atoms with Crippen LogP contribution in [0.25, 0.3) is 0 Å². The standard InChI is InChI=1S/C17H24N4O2/c1-12-7-8-19-15(14(12)10-18)21-9-5-6-13(11-21)20-16(22)23-17(2,3)4/h7-8,13H,5-6,9,11H2,1-4H3,(H,20,22)/t13-/m1/s1. The number of alkyl carbamates (subject to hydrolysis) is 1. The van der Waals surface area contributed by atoms with Gasteiger partial charge in [-0.15, -0.1) is 0 Å². The first kappa shape index (κ1) is 17.1. The Morgan fingerprint density at radius 3 is 2.91 bits per heavy atom. The molecule has 1 fully saturated rings. The highest BCUT2D eigenvalue weighted by Gasteiger charge is 2.26. The van der Waals surface area contributed by atoms with Gasteiger partial charge >= 0.3 is 6.09 Å². The van der Waals surface area contributed by atoms with Crippen molar-refractivity contribution in [3.05, 3.63) is 23.4 Å². The van der Waals surface area contributed by atoms with Crippen molar-refractivity contribution in [1.29, 1.82) is 5.26 Å². The number of pyridine rings is 1. The van der Waals surface area contributed by atoms with E-state index in [4.69, 9.17) is 4.74 Å². The van der Waals surface area contributed by atoms with Crippen molar-refractivity contribution in [2.45, 2.75) is 52.2 Å². The van der Waals surface area contributed by atoms with E-state index in [2.05, 4.69) is 21.3 Å². The maximum Gasteiger partial charge on any atom is 0.407 e. The summed E-state index contributed by atoms with van der Waals surface area (Å²) in [5.41, 5.74) is 1.01. The Bertz CT molecular complexity index is 616. The van der Waals surface area contributed by atoms with Gasteiger partial charge in [-0.05, 0) is 52.2 Å². The number of nitrogens with one attached hydrogen (secondary N) is 1. The maximum atomic E-state index is 11.9. The predicted molar refractivity (Wildman–Crippen MR) is 88.3 cm³/mol. The number of aryl methyl sites for hydroxylation is 1. The lowest BCUT2D eigenvalue weighted by Gasteiger charge is -2.34. The minimum atomic E-state index is -0.509. The predicted octanol–water partition coefficient (Wildman–Crippen LogP) is 2.76. The molecule has 124 valence electrons. The number of carbonyl (C=O) groups excluding carboxylic acids is 1. The number of piperidine rings is 1. The van der Waals surface area contributed by atoms with Gasteiger partial charge in [-0.25, -0.2) is 9.78 Å². The van der Waals surface area contributed by atoms with Gasteiger partial charge in [0.2, 0.25) is 0 Å². The number of hydrogen-bond acceptors (Lipinski definition) is 5. The first-order chi connectivity index (χ1) is 10.8. The average molecular weight is 316 g/mol. The fourth-order valence-corrected chi connectivity index (χ4v) is 2.68. The zero-order valence-electron chi connectivity index (χ0n) is 14.2. The molecule has 0 aromatic carbocycles. The number of rotatable bonds is 2. The Kier molecular flexibility index (Phi) is 5.09. The molecule has 1 saturated heterocycles. The van der Waals surface area contributed by atoms with Crippen molar-refractivity contribution in [2.75, 3.05) is 18.0 Å². The molecule has 2 heterocycles. The third kappa shape index (κ3) is 4.59. The van der Waals surface area contributed by atoms with Crippen molar-refractivity contribution in [3.63, 3.8) is 0 Å². The first-order valence-corrected chi connectivity index (χ1v) is 7.90. The Balaban J connectivity index is 2.06. The number of carbonyl (C=O) groups is 1. The van der Waals surface area contributed by atoms with E-state index in [0.717, 1.165) is 24.9 Å². The average Bonchev–Trinajstić information content (AvgIpc) is 2.45. The molecule has 1 N–H and O–H groups in total. The van der Waals surface area contributed by atoms with E-state index in [-0.39, 0.29) is 6.04 Å². The molecule has 0 unspecified atom stereocenters. The number of hydrogen-bond donors (Lipinski definition) is 1. The van der Waals surface area contributed by atoms with Crippen LogP contribution in [0, 0.1) is 18.3 Å². The summed E-state index contributed by atoms with van der Waals surface area (Å²) in [5.74, 6) is 0.697. The summed E-state index contributed by atoms with van der Waals surface area (Å²) in [6.07, 6.45) is 3.14. The fraction of sp³-hybridized carbons (Fsp3) is 0.588. The van der Waals surface area contributed by atoms with Gasteiger partial charge in [0.15, 0.2) is 0 Å². The summed E-state index contributed by atoms with van der Waals surface area (Å²) in [6, 6.07) is 4.06. The molecule has 0 spiro atoms. The van der Waals surface area contributed by atoms with Crippen LogP contribution in [0.15, 0.2) is 12.3 Å². The lowest BCUT2D eigenvalue weighted by Crippen LogP contribution is -2.49. The topological polar surface area (TPSA) is 78.2 Å². The zero-order chi connectivity index (χ0) is 17.0. The third-order valence-electron chi connectivity index (χ3n) is 3.69. The van der Waals surface area contributed by atoms with Gasteiger partial charge in [0.1, 0.15) is 17.5 Å². The number of nitrogens with zero attached hydrogens (tertiary/aromatic N) is 3. The Hall–Kier alpha value is -2.29. The summed E-state index contributed by atoms with van der Waals surface area (Å²) in [4.78, 5) is 18.4. The molecule has 6 nitrogen and oxygen atoms in total.